The largest absolute Gasteiger partial charge is 0.388 e. The van der Waals surface area contributed by atoms with Crippen LogP contribution in [0.4, 0.5) is 0 Å². The van der Waals surface area contributed by atoms with Crippen LogP contribution in [0.1, 0.15) is 35.3 Å². The Balaban J connectivity index is 1.57. The number of imidazole rings is 1. The van der Waals surface area contributed by atoms with Crippen LogP contribution >= 0.6 is 0 Å². The highest BCUT2D eigenvalue weighted by Gasteiger charge is 2.40. The van der Waals surface area contributed by atoms with Gasteiger partial charge in [0.15, 0.2) is 0 Å². The second kappa shape index (κ2) is 5.76. The molecule has 0 radical (unpaired) electrons. The second-order valence-corrected chi connectivity index (χ2v) is 8.83. The number of primary sulfonamides is 1. The molecular weight excluding hydrogens is 362 g/mol. The molecule has 7 heteroatoms. The van der Waals surface area contributed by atoms with E-state index in [0.29, 0.717) is 6.42 Å². The van der Waals surface area contributed by atoms with Crippen molar-refractivity contribution >= 4 is 10.0 Å². The summed E-state index contributed by atoms with van der Waals surface area (Å²) in [6.07, 6.45) is 4.45. The van der Waals surface area contributed by atoms with Gasteiger partial charge in [0.1, 0.15) is 0 Å². The third-order valence-corrected chi connectivity index (χ3v) is 6.75. The molecule has 6 nitrogen and oxygen atoms in total. The van der Waals surface area contributed by atoms with Gasteiger partial charge >= 0.3 is 0 Å². The van der Waals surface area contributed by atoms with Gasteiger partial charge in [-0.3, -0.25) is 0 Å². The van der Waals surface area contributed by atoms with Crippen LogP contribution in [0.15, 0.2) is 59.9 Å². The number of benzene rings is 2. The molecule has 0 bridgehead atoms. The first-order chi connectivity index (χ1) is 12.9. The minimum absolute atomic E-state index is 0.0137. The summed E-state index contributed by atoms with van der Waals surface area (Å²) in [6.45, 7) is 0. The minimum Gasteiger partial charge on any atom is -0.388 e. The fourth-order valence-corrected chi connectivity index (χ4v) is 5.18. The quantitative estimate of drug-likeness (QED) is 0.712. The highest BCUT2D eigenvalue weighted by Crippen LogP contribution is 2.49. The summed E-state index contributed by atoms with van der Waals surface area (Å²) in [5, 5.41) is 16.4. The fourth-order valence-electron chi connectivity index (χ4n) is 4.62. The van der Waals surface area contributed by atoms with Crippen molar-refractivity contribution in [3.8, 4) is 11.3 Å². The second-order valence-electron chi connectivity index (χ2n) is 7.27. The smallest absolute Gasteiger partial charge is 0.238 e. The number of aromatic nitrogens is 2. The number of nitrogens with two attached hydrogens (primary N) is 1. The van der Waals surface area contributed by atoms with Crippen molar-refractivity contribution in [1.82, 2.24) is 9.55 Å². The molecular formula is C20H19N3O3S. The van der Waals surface area contributed by atoms with Crippen molar-refractivity contribution in [2.24, 2.45) is 11.1 Å². The van der Waals surface area contributed by atoms with Gasteiger partial charge in [-0.05, 0) is 41.7 Å². The average molecular weight is 381 g/mol. The predicted octanol–water partition coefficient (Wildman–Crippen LogP) is 2.40. The number of hydrogen-bond donors (Lipinski definition) is 2. The molecule has 0 amide bonds. The third-order valence-electron chi connectivity index (χ3n) is 5.84. The van der Waals surface area contributed by atoms with Crippen molar-refractivity contribution in [1.29, 1.82) is 0 Å². The number of aliphatic hydroxyl groups excluding tert-OH is 1. The first-order valence-corrected chi connectivity index (χ1v) is 10.4. The highest BCUT2D eigenvalue weighted by atomic mass is 32.2. The molecule has 0 saturated carbocycles. The first-order valence-electron chi connectivity index (χ1n) is 8.90. The molecule has 1 aliphatic carbocycles. The van der Waals surface area contributed by atoms with Gasteiger partial charge in [-0.1, -0.05) is 30.3 Å². The molecule has 3 atom stereocenters. The van der Waals surface area contributed by atoms with Crippen molar-refractivity contribution < 1.29 is 13.5 Å². The molecule has 0 saturated heterocycles. The van der Waals surface area contributed by atoms with Crippen molar-refractivity contribution in [2.75, 3.05) is 0 Å². The van der Waals surface area contributed by atoms with Gasteiger partial charge in [0.2, 0.25) is 10.0 Å². The van der Waals surface area contributed by atoms with E-state index >= 15 is 0 Å². The summed E-state index contributed by atoms with van der Waals surface area (Å²) in [5.41, 5.74) is 5.05. The van der Waals surface area contributed by atoms with Crippen molar-refractivity contribution in [2.45, 2.75) is 29.9 Å². The zero-order chi connectivity index (χ0) is 18.8. The average Bonchev–Trinajstić information content (AvgIpc) is 3.22. The molecule has 0 unspecified atom stereocenters. The van der Waals surface area contributed by atoms with E-state index in [1.807, 2.05) is 24.7 Å². The van der Waals surface area contributed by atoms with Gasteiger partial charge in [-0.15, -0.1) is 0 Å². The lowest BCUT2D eigenvalue weighted by atomic mass is 9.76. The molecule has 1 aromatic heterocycles. The summed E-state index contributed by atoms with van der Waals surface area (Å²) in [7, 11) is -3.75. The number of nitrogens with zero attached hydrogens (tertiary/aromatic N) is 2. The van der Waals surface area contributed by atoms with Gasteiger partial charge in [-0.25, -0.2) is 18.5 Å². The van der Waals surface area contributed by atoms with E-state index in [4.69, 9.17) is 5.14 Å². The van der Waals surface area contributed by atoms with E-state index in [1.54, 1.807) is 12.1 Å². The molecule has 2 aliphatic rings. The Bertz CT molecular complexity index is 1150. The number of hydrogen-bond acceptors (Lipinski definition) is 4. The van der Waals surface area contributed by atoms with Gasteiger partial charge in [-0.2, -0.15) is 0 Å². The van der Waals surface area contributed by atoms with Crippen LogP contribution in [-0.4, -0.2) is 23.1 Å². The van der Waals surface area contributed by atoms with Gasteiger partial charge in [0.25, 0.3) is 0 Å². The van der Waals surface area contributed by atoms with Crippen LogP contribution in [-0.2, 0) is 16.4 Å². The lowest BCUT2D eigenvalue weighted by Crippen LogP contribution is -2.29. The monoisotopic (exact) mass is 381 g/mol. The normalized spacial score (nSPS) is 23.6. The Hall–Kier alpha value is -2.48. The van der Waals surface area contributed by atoms with Crippen LogP contribution < -0.4 is 5.14 Å². The summed E-state index contributed by atoms with van der Waals surface area (Å²) in [6, 6.07) is 13.0. The predicted molar refractivity (Wildman–Crippen MR) is 100 cm³/mol. The van der Waals surface area contributed by atoms with Crippen molar-refractivity contribution in [3.05, 3.63) is 71.7 Å². The van der Waals surface area contributed by atoms with Crippen LogP contribution in [0.3, 0.4) is 0 Å². The maximum atomic E-state index is 11.6. The number of aliphatic hydroxyl groups is 1. The Kier molecular flexibility index (Phi) is 3.56. The zero-order valence-electron chi connectivity index (χ0n) is 14.5. The summed E-state index contributed by atoms with van der Waals surface area (Å²) >= 11 is 0. The highest BCUT2D eigenvalue weighted by molar-refractivity contribution is 7.89. The molecule has 3 N–H and O–H groups in total. The van der Waals surface area contributed by atoms with E-state index in [2.05, 4.69) is 21.7 Å². The van der Waals surface area contributed by atoms with Crippen LogP contribution in [0.25, 0.3) is 11.3 Å². The SMILES string of the molecule is NS(=O)(=O)c1ccc2c(c1)CC[C@H]([C@@H]1c3ccccc3-c3cncn31)[C@H]2O. The van der Waals surface area contributed by atoms with Crippen LogP contribution in [0.2, 0.25) is 0 Å². The Morgan fingerprint density at radius 3 is 2.78 bits per heavy atom. The topological polar surface area (TPSA) is 98.2 Å². The lowest BCUT2D eigenvalue weighted by molar-refractivity contribution is 0.0719. The summed E-state index contributed by atoms with van der Waals surface area (Å²) < 4.78 is 25.4. The summed E-state index contributed by atoms with van der Waals surface area (Å²) in [5.74, 6) is -0.0190. The maximum absolute atomic E-state index is 11.6. The van der Waals surface area contributed by atoms with Gasteiger partial charge < -0.3 is 9.67 Å². The minimum atomic E-state index is -3.75. The number of aryl methyl sites for hydroxylation is 1. The van der Waals surface area contributed by atoms with Crippen molar-refractivity contribution in [3.63, 3.8) is 0 Å². The summed E-state index contributed by atoms with van der Waals surface area (Å²) in [4.78, 5) is 4.39. The first kappa shape index (κ1) is 16.7. The molecule has 2 aromatic carbocycles. The van der Waals surface area contributed by atoms with E-state index in [-0.39, 0.29) is 16.9 Å². The Morgan fingerprint density at radius 2 is 1.96 bits per heavy atom. The molecule has 27 heavy (non-hydrogen) atoms. The van der Waals surface area contributed by atoms with E-state index in [1.165, 1.54) is 11.6 Å². The van der Waals surface area contributed by atoms with Crippen LogP contribution in [0, 0.1) is 5.92 Å². The Labute approximate surface area is 157 Å². The number of sulfonamides is 1. The number of fused-ring (bicyclic) bond motifs is 4. The fraction of sp³-hybridized carbons (Fsp3) is 0.250. The van der Waals surface area contributed by atoms with Gasteiger partial charge in [0, 0.05) is 11.5 Å². The lowest BCUT2D eigenvalue weighted by Gasteiger charge is -2.35. The maximum Gasteiger partial charge on any atom is 0.238 e. The standard InChI is InChI=1S/C20H19N3O3S/c21-27(25,26)13-6-8-14-12(9-13)5-7-17(20(14)24)19-16-4-2-1-3-15(16)18-10-22-11-23(18)19/h1-4,6,8-11,17,19-20,24H,5,7H2,(H2,21,25,26)/t17-,19+,20+/m1/s1. The molecule has 0 spiro atoms. The Morgan fingerprint density at radius 1 is 1.15 bits per heavy atom. The molecule has 0 fully saturated rings. The molecule has 3 aromatic rings. The van der Waals surface area contributed by atoms with E-state index in [0.717, 1.165) is 28.8 Å². The molecule has 138 valence electrons. The molecule has 2 heterocycles. The zero-order valence-corrected chi connectivity index (χ0v) is 15.3. The van der Waals surface area contributed by atoms with E-state index in [9.17, 15) is 13.5 Å². The number of rotatable bonds is 2. The van der Waals surface area contributed by atoms with Gasteiger partial charge in [0.05, 0.1) is 35.3 Å². The van der Waals surface area contributed by atoms with Crippen LogP contribution in [0.5, 0.6) is 0 Å². The third kappa shape index (κ3) is 2.46. The molecule has 1 aliphatic heterocycles. The molecule has 5 rings (SSSR count). The van der Waals surface area contributed by atoms with E-state index < -0.39 is 16.1 Å².